The Bertz CT molecular complexity index is 540. The second-order valence-corrected chi connectivity index (χ2v) is 3.73. The molecule has 0 aliphatic heterocycles. The van der Waals surface area contributed by atoms with E-state index in [1.807, 2.05) is 6.07 Å². The first-order valence-electron chi connectivity index (χ1n) is 4.95. The van der Waals surface area contributed by atoms with Gasteiger partial charge in [-0.25, -0.2) is 9.67 Å². The van der Waals surface area contributed by atoms with Gasteiger partial charge in [-0.2, -0.15) is 5.10 Å². The summed E-state index contributed by atoms with van der Waals surface area (Å²) >= 11 is 6.20. The summed E-state index contributed by atoms with van der Waals surface area (Å²) in [7, 11) is 4.87. The van der Waals surface area contributed by atoms with E-state index < -0.39 is 0 Å². The largest absolute Gasteiger partial charge is 0.481 e. The average Bonchev–Trinajstić information content (AvgIpc) is 2.64. The van der Waals surface area contributed by atoms with Crippen molar-refractivity contribution in [3.05, 3.63) is 23.4 Å². The van der Waals surface area contributed by atoms with Gasteiger partial charge in [0.05, 0.1) is 19.8 Å². The molecule has 0 atom stereocenters. The van der Waals surface area contributed by atoms with Crippen LogP contribution in [0.15, 0.2) is 18.3 Å². The first-order chi connectivity index (χ1) is 8.19. The number of nitrogens with zero attached hydrogens (tertiary/aromatic N) is 3. The summed E-state index contributed by atoms with van der Waals surface area (Å²) in [5, 5.41) is 4.75. The zero-order valence-electron chi connectivity index (χ0n) is 9.77. The number of methoxy groups -OCH3 is 2. The zero-order chi connectivity index (χ0) is 12.4. The van der Waals surface area contributed by atoms with Crippen molar-refractivity contribution < 1.29 is 9.47 Å². The SMILES string of the molecule is COc1ncccc1-c1nn(C)c(OC)c1Cl. The Balaban J connectivity index is 2.61. The minimum Gasteiger partial charge on any atom is -0.481 e. The van der Waals surface area contributed by atoms with Crippen LogP contribution < -0.4 is 9.47 Å². The number of hydrogen-bond acceptors (Lipinski definition) is 4. The number of aromatic nitrogens is 3. The van der Waals surface area contributed by atoms with E-state index in [9.17, 15) is 0 Å². The van der Waals surface area contributed by atoms with Crippen molar-refractivity contribution in [2.24, 2.45) is 7.05 Å². The first-order valence-corrected chi connectivity index (χ1v) is 5.32. The van der Waals surface area contributed by atoms with E-state index in [1.54, 1.807) is 38.2 Å². The van der Waals surface area contributed by atoms with Crippen LogP contribution in [-0.2, 0) is 7.05 Å². The van der Waals surface area contributed by atoms with E-state index >= 15 is 0 Å². The number of pyridine rings is 1. The Hall–Kier alpha value is -1.75. The smallest absolute Gasteiger partial charge is 0.231 e. The van der Waals surface area contributed by atoms with Gasteiger partial charge in [0.2, 0.25) is 11.8 Å². The third-order valence-electron chi connectivity index (χ3n) is 2.35. The molecule has 0 bridgehead atoms. The van der Waals surface area contributed by atoms with Crippen LogP contribution in [0.3, 0.4) is 0 Å². The fourth-order valence-corrected chi connectivity index (χ4v) is 1.95. The minimum absolute atomic E-state index is 0.446. The lowest BCUT2D eigenvalue weighted by Crippen LogP contribution is -1.95. The van der Waals surface area contributed by atoms with Crippen LogP contribution in [0.4, 0.5) is 0 Å². The maximum atomic E-state index is 6.20. The topological polar surface area (TPSA) is 49.2 Å². The van der Waals surface area contributed by atoms with E-state index in [1.165, 1.54) is 0 Å². The summed E-state index contributed by atoms with van der Waals surface area (Å²) in [6.07, 6.45) is 1.65. The molecule has 0 aliphatic carbocycles. The van der Waals surface area contributed by atoms with Crippen LogP contribution in [0.2, 0.25) is 5.02 Å². The summed E-state index contributed by atoms with van der Waals surface area (Å²) in [5.41, 5.74) is 1.33. The van der Waals surface area contributed by atoms with Crippen molar-refractivity contribution >= 4 is 11.6 Å². The van der Waals surface area contributed by atoms with Gasteiger partial charge in [0.15, 0.2) is 0 Å². The van der Waals surface area contributed by atoms with Crippen molar-refractivity contribution in [2.45, 2.75) is 0 Å². The van der Waals surface area contributed by atoms with Crippen LogP contribution in [0.25, 0.3) is 11.3 Å². The van der Waals surface area contributed by atoms with Crippen LogP contribution in [0.5, 0.6) is 11.8 Å². The van der Waals surface area contributed by atoms with Gasteiger partial charge >= 0.3 is 0 Å². The first kappa shape index (κ1) is 11.7. The lowest BCUT2D eigenvalue weighted by atomic mass is 10.2. The monoisotopic (exact) mass is 253 g/mol. The maximum absolute atomic E-state index is 6.20. The predicted octanol–water partition coefficient (Wildman–Crippen LogP) is 2.15. The highest BCUT2D eigenvalue weighted by Gasteiger charge is 2.19. The molecule has 2 heterocycles. The third kappa shape index (κ3) is 1.93. The van der Waals surface area contributed by atoms with Crippen molar-refractivity contribution in [3.8, 4) is 23.0 Å². The van der Waals surface area contributed by atoms with Crippen LogP contribution in [0, 0.1) is 0 Å². The van der Waals surface area contributed by atoms with Crippen LogP contribution in [0.1, 0.15) is 0 Å². The van der Waals surface area contributed by atoms with Crippen molar-refractivity contribution in [3.63, 3.8) is 0 Å². The molecule has 0 aromatic carbocycles. The Kier molecular flexibility index (Phi) is 3.19. The van der Waals surface area contributed by atoms with Gasteiger partial charge in [0, 0.05) is 13.2 Å². The molecule has 0 saturated heterocycles. The summed E-state index contributed by atoms with van der Waals surface area (Å²) in [4.78, 5) is 4.11. The van der Waals surface area contributed by atoms with E-state index in [-0.39, 0.29) is 0 Å². The molecule has 17 heavy (non-hydrogen) atoms. The Labute approximate surface area is 104 Å². The van der Waals surface area contributed by atoms with Gasteiger partial charge in [0.1, 0.15) is 10.7 Å². The van der Waals surface area contributed by atoms with Gasteiger partial charge < -0.3 is 9.47 Å². The Morgan fingerprint density at radius 2 is 2.06 bits per heavy atom. The van der Waals surface area contributed by atoms with E-state index in [4.69, 9.17) is 21.1 Å². The average molecular weight is 254 g/mol. The molecule has 0 fully saturated rings. The maximum Gasteiger partial charge on any atom is 0.231 e. The highest BCUT2D eigenvalue weighted by molar-refractivity contribution is 6.34. The van der Waals surface area contributed by atoms with Crippen molar-refractivity contribution in [1.82, 2.24) is 14.8 Å². The summed E-state index contributed by atoms with van der Waals surface area (Å²) < 4.78 is 11.9. The molecule has 2 rings (SSSR count). The predicted molar refractivity (Wildman–Crippen MR) is 64.6 cm³/mol. The Morgan fingerprint density at radius 3 is 2.65 bits per heavy atom. The van der Waals surface area contributed by atoms with Gasteiger partial charge in [-0.05, 0) is 12.1 Å². The quantitative estimate of drug-likeness (QED) is 0.841. The van der Waals surface area contributed by atoms with Gasteiger partial charge in [-0.15, -0.1) is 0 Å². The molecule has 5 nitrogen and oxygen atoms in total. The number of rotatable bonds is 3. The zero-order valence-corrected chi connectivity index (χ0v) is 10.5. The second-order valence-electron chi connectivity index (χ2n) is 3.36. The highest BCUT2D eigenvalue weighted by atomic mass is 35.5. The molecule has 0 spiro atoms. The molecular weight excluding hydrogens is 242 g/mol. The lowest BCUT2D eigenvalue weighted by molar-refractivity contribution is 0.373. The van der Waals surface area contributed by atoms with Crippen molar-refractivity contribution in [2.75, 3.05) is 14.2 Å². The molecule has 2 aromatic rings. The number of ether oxygens (including phenoxy) is 2. The lowest BCUT2D eigenvalue weighted by Gasteiger charge is -2.03. The van der Waals surface area contributed by atoms with Gasteiger partial charge in [-0.3, -0.25) is 0 Å². The van der Waals surface area contributed by atoms with Gasteiger partial charge in [0.25, 0.3) is 0 Å². The van der Waals surface area contributed by atoms with E-state index in [0.29, 0.717) is 22.5 Å². The molecule has 0 saturated carbocycles. The summed E-state index contributed by atoms with van der Waals surface area (Å²) in [6, 6.07) is 3.65. The van der Waals surface area contributed by atoms with Crippen LogP contribution >= 0.6 is 11.6 Å². The molecule has 0 unspecified atom stereocenters. The van der Waals surface area contributed by atoms with Crippen molar-refractivity contribution in [1.29, 1.82) is 0 Å². The number of halogens is 1. The number of hydrogen-bond donors (Lipinski definition) is 0. The molecule has 6 heteroatoms. The fourth-order valence-electron chi connectivity index (χ4n) is 1.61. The van der Waals surface area contributed by atoms with Crippen LogP contribution in [-0.4, -0.2) is 29.0 Å². The normalized spacial score (nSPS) is 10.4. The highest BCUT2D eigenvalue weighted by Crippen LogP contribution is 2.37. The molecular formula is C11H12ClN3O2. The van der Waals surface area contributed by atoms with Gasteiger partial charge in [-0.1, -0.05) is 11.6 Å². The molecule has 90 valence electrons. The summed E-state index contributed by atoms with van der Waals surface area (Å²) in [6.45, 7) is 0. The molecule has 0 N–H and O–H groups in total. The Morgan fingerprint density at radius 1 is 1.29 bits per heavy atom. The van der Waals surface area contributed by atoms with E-state index in [2.05, 4.69) is 10.1 Å². The summed E-state index contributed by atoms with van der Waals surface area (Å²) in [5.74, 6) is 0.989. The molecule has 0 radical (unpaired) electrons. The molecule has 0 amide bonds. The van der Waals surface area contributed by atoms with E-state index in [0.717, 1.165) is 5.56 Å². The molecule has 0 aliphatic rings. The minimum atomic E-state index is 0.446. The molecule has 2 aromatic heterocycles. The third-order valence-corrected chi connectivity index (χ3v) is 2.69. The standard InChI is InChI=1S/C11H12ClN3O2/c1-15-11(17-3)8(12)9(14-15)7-5-4-6-13-10(7)16-2/h4-6H,1-3H3. The second kappa shape index (κ2) is 4.63. The number of aryl methyl sites for hydroxylation is 1. The fraction of sp³-hybridized carbons (Fsp3) is 0.273.